The van der Waals surface area contributed by atoms with Crippen molar-refractivity contribution in [3.8, 4) is 0 Å². The van der Waals surface area contributed by atoms with E-state index >= 15 is 0 Å². The molecule has 0 amide bonds. The van der Waals surface area contributed by atoms with Crippen molar-refractivity contribution in [1.29, 1.82) is 0 Å². The fraction of sp³-hybridized carbons (Fsp3) is 0.222. The van der Waals surface area contributed by atoms with Crippen LogP contribution in [0.5, 0.6) is 0 Å². The maximum Gasteiger partial charge on any atom is 0.229 e. The molecule has 0 atom stereocenters. The molecule has 0 saturated carbocycles. The van der Waals surface area contributed by atoms with Crippen LogP contribution in [0.25, 0.3) is 10.9 Å². The van der Waals surface area contributed by atoms with E-state index in [9.17, 15) is 0 Å². The van der Waals surface area contributed by atoms with Crippen molar-refractivity contribution in [3.63, 3.8) is 0 Å². The van der Waals surface area contributed by atoms with Crippen LogP contribution in [0.1, 0.15) is 17.0 Å². The molecule has 26 heavy (non-hydrogen) atoms. The van der Waals surface area contributed by atoms with Crippen LogP contribution in [-0.2, 0) is 13.0 Å². The molecule has 0 bridgehead atoms. The lowest BCUT2D eigenvalue weighted by molar-refractivity contribution is 0.698. The SMILES string of the molecule is Cc1cnc(Nc2ccc3cn[nH]c3c2)nc1N1CCc2nc[nH]c2C1. The summed E-state index contributed by atoms with van der Waals surface area (Å²) in [4.78, 5) is 19.1. The highest BCUT2D eigenvalue weighted by atomic mass is 15.2. The molecule has 4 aromatic rings. The number of nitrogens with zero attached hydrogens (tertiary/aromatic N) is 5. The summed E-state index contributed by atoms with van der Waals surface area (Å²) in [5, 5.41) is 11.4. The highest BCUT2D eigenvalue weighted by Gasteiger charge is 2.21. The van der Waals surface area contributed by atoms with Crippen LogP contribution < -0.4 is 10.2 Å². The van der Waals surface area contributed by atoms with Crippen LogP contribution in [0.3, 0.4) is 0 Å². The number of aryl methyl sites for hydroxylation is 1. The molecular weight excluding hydrogens is 328 g/mol. The van der Waals surface area contributed by atoms with E-state index in [4.69, 9.17) is 4.98 Å². The van der Waals surface area contributed by atoms with Gasteiger partial charge in [0.05, 0.1) is 36.0 Å². The van der Waals surface area contributed by atoms with Crippen molar-refractivity contribution in [2.75, 3.05) is 16.8 Å². The predicted octanol–water partition coefficient (Wildman–Crippen LogP) is 2.69. The van der Waals surface area contributed by atoms with Crippen LogP contribution in [0, 0.1) is 6.92 Å². The summed E-state index contributed by atoms with van der Waals surface area (Å²) in [5.41, 5.74) is 5.27. The number of fused-ring (bicyclic) bond motifs is 2. The summed E-state index contributed by atoms with van der Waals surface area (Å²) in [6, 6.07) is 6.02. The van der Waals surface area contributed by atoms with Gasteiger partial charge in [0.2, 0.25) is 5.95 Å². The normalized spacial score (nSPS) is 13.8. The predicted molar refractivity (Wildman–Crippen MR) is 99.5 cm³/mol. The molecule has 1 aromatic carbocycles. The molecule has 0 saturated heterocycles. The maximum absolute atomic E-state index is 4.76. The van der Waals surface area contributed by atoms with Gasteiger partial charge >= 0.3 is 0 Å². The van der Waals surface area contributed by atoms with Gasteiger partial charge in [-0.15, -0.1) is 0 Å². The molecule has 0 aliphatic carbocycles. The Morgan fingerprint density at radius 1 is 1.19 bits per heavy atom. The van der Waals surface area contributed by atoms with Gasteiger partial charge in [-0.1, -0.05) is 0 Å². The van der Waals surface area contributed by atoms with Crippen molar-refractivity contribution >= 4 is 28.4 Å². The number of hydrogen-bond acceptors (Lipinski definition) is 6. The lowest BCUT2D eigenvalue weighted by Gasteiger charge is -2.28. The molecule has 130 valence electrons. The molecule has 1 aliphatic heterocycles. The Morgan fingerprint density at radius 3 is 3.12 bits per heavy atom. The minimum Gasteiger partial charge on any atom is -0.350 e. The Labute approximate surface area is 149 Å². The van der Waals surface area contributed by atoms with Crippen LogP contribution >= 0.6 is 0 Å². The first-order chi connectivity index (χ1) is 12.8. The molecule has 5 rings (SSSR count). The van der Waals surface area contributed by atoms with Gasteiger partial charge < -0.3 is 15.2 Å². The lowest BCUT2D eigenvalue weighted by Crippen LogP contribution is -2.32. The summed E-state index contributed by atoms with van der Waals surface area (Å²) in [6.07, 6.45) is 6.35. The second-order valence-corrected chi connectivity index (χ2v) is 6.50. The number of aromatic amines is 2. The Morgan fingerprint density at radius 2 is 2.15 bits per heavy atom. The van der Waals surface area contributed by atoms with Gasteiger partial charge in [0, 0.05) is 35.8 Å². The lowest BCUT2D eigenvalue weighted by atomic mass is 10.1. The molecule has 8 nitrogen and oxygen atoms in total. The first-order valence-corrected chi connectivity index (χ1v) is 8.56. The van der Waals surface area contributed by atoms with Crippen molar-refractivity contribution in [2.24, 2.45) is 0 Å². The van der Waals surface area contributed by atoms with E-state index in [-0.39, 0.29) is 0 Å². The fourth-order valence-corrected chi connectivity index (χ4v) is 3.35. The highest BCUT2D eigenvalue weighted by molar-refractivity contribution is 5.82. The molecule has 0 radical (unpaired) electrons. The van der Waals surface area contributed by atoms with Gasteiger partial charge in [-0.25, -0.2) is 9.97 Å². The third-order valence-electron chi connectivity index (χ3n) is 4.72. The van der Waals surface area contributed by atoms with Crippen LogP contribution in [-0.4, -0.2) is 36.7 Å². The average molecular weight is 346 g/mol. The minimum atomic E-state index is 0.583. The summed E-state index contributed by atoms with van der Waals surface area (Å²) >= 11 is 0. The second kappa shape index (κ2) is 5.83. The Hall–Kier alpha value is -3.42. The van der Waals surface area contributed by atoms with Gasteiger partial charge in [0.1, 0.15) is 5.82 Å². The Bertz CT molecular complexity index is 1080. The number of benzene rings is 1. The molecule has 8 heteroatoms. The number of rotatable bonds is 3. The second-order valence-electron chi connectivity index (χ2n) is 6.50. The maximum atomic E-state index is 4.76. The number of hydrogen-bond donors (Lipinski definition) is 3. The van der Waals surface area contributed by atoms with Crippen molar-refractivity contribution in [3.05, 3.63) is 53.9 Å². The third-order valence-corrected chi connectivity index (χ3v) is 4.72. The quantitative estimate of drug-likeness (QED) is 0.527. The van der Waals surface area contributed by atoms with E-state index in [1.165, 1.54) is 0 Å². The number of anilines is 3. The van der Waals surface area contributed by atoms with Crippen LogP contribution in [0.4, 0.5) is 17.5 Å². The first kappa shape index (κ1) is 14.9. The van der Waals surface area contributed by atoms with Crippen molar-refractivity contribution < 1.29 is 0 Å². The number of nitrogens with one attached hydrogen (secondary N) is 3. The van der Waals surface area contributed by atoms with Gasteiger partial charge in [-0.05, 0) is 25.1 Å². The van der Waals surface area contributed by atoms with Crippen LogP contribution in [0.15, 0.2) is 36.9 Å². The van der Waals surface area contributed by atoms with E-state index in [0.717, 1.165) is 58.9 Å². The number of imidazole rings is 1. The summed E-state index contributed by atoms with van der Waals surface area (Å²) < 4.78 is 0. The summed E-state index contributed by atoms with van der Waals surface area (Å²) in [5.74, 6) is 1.53. The molecule has 0 fully saturated rings. The third kappa shape index (κ3) is 2.55. The zero-order valence-electron chi connectivity index (χ0n) is 14.3. The Balaban J connectivity index is 1.43. The smallest absolute Gasteiger partial charge is 0.229 e. The van der Waals surface area contributed by atoms with Gasteiger partial charge in [-0.2, -0.15) is 10.1 Å². The Kier molecular flexibility index (Phi) is 3.34. The van der Waals surface area contributed by atoms with E-state index in [2.05, 4.69) is 35.4 Å². The van der Waals surface area contributed by atoms with E-state index in [0.29, 0.717) is 5.95 Å². The van der Waals surface area contributed by atoms with Gasteiger partial charge in [0.15, 0.2) is 0 Å². The van der Waals surface area contributed by atoms with E-state index in [1.54, 1.807) is 12.5 Å². The first-order valence-electron chi connectivity index (χ1n) is 8.56. The molecule has 0 spiro atoms. The monoisotopic (exact) mass is 346 g/mol. The number of H-pyrrole nitrogens is 2. The summed E-state index contributed by atoms with van der Waals surface area (Å²) in [6.45, 7) is 3.72. The molecular formula is C18H18N8. The van der Waals surface area contributed by atoms with E-state index < -0.39 is 0 Å². The summed E-state index contributed by atoms with van der Waals surface area (Å²) in [7, 11) is 0. The zero-order chi connectivity index (χ0) is 17.5. The highest BCUT2D eigenvalue weighted by Crippen LogP contribution is 2.26. The standard InChI is InChI=1S/C18H18N8/c1-11-7-19-18(23-13-3-2-12-8-22-25-15(12)6-13)24-17(11)26-5-4-14-16(9-26)21-10-20-14/h2-3,6-8,10H,4-5,9H2,1H3,(H,20,21)(H,22,25)(H,19,23,24). The van der Waals surface area contributed by atoms with Crippen LogP contribution in [0.2, 0.25) is 0 Å². The van der Waals surface area contributed by atoms with Gasteiger partial charge in [0.25, 0.3) is 0 Å². The average Bonchev–Trinajstić information content (AvgIpc) is 3.31. The largest absolute Gasteiger partial charge is 0.350 e. The van der Waals surface area contributed by atoms with Gasteiger partial charge in [-0.3, -0.25) is 5.10 Å². The van der Waals surface area contributed by atoms with Crippen molar-refractivity contribution in [2.45, 2.75) is 19.9 Å². The number of aromatic nitrogens is 6. The topological polar surface area (TPSA) is 98.4 Å². The van der Waals surface area contributed by atoms with E-state index in [1.807, 2.05) is 31.3 Å². The molecule has 3 aromatic heterocycles. The molecule has 0 unspecified atom stereocenters. The minimum absolute atomic E-state index is 0.583. The van der Waals surface area contributed by atoms with Crippen molar-refractivity contribution in [1.82, 2.24) is 30.1 Å². The molecule has 3 N–H and O–H groups in total. The zero-order valence-corrected chi connectivity index (χ0v) is 14.3. The fourth-order valence-electron chi connectivity index (χ4n) is 3.35. The molecule has 4 heterocycles. The molecule has 1 aliphatic rings.